The van der Waals surface area contributed by atoms with Crippen molar-refractivity contribution < 1.29 is 14.6 Å². The molecule has 23 heavy (non-hydrogen) atoms. The lowest BCUT2D eigenvalue weighted by molar-refractivity contribution is -0.138. The van der Waals surface area contributed by atoms with Crippen LogP contribution in [0.2, 0.25) is 0 Å². The fourth-order valence-electron chi connectivity index (χ4n) is 2.56. The molecule has 2 rings (SSSR count). The standard InChI is InChI=1S/C20H24O3/c1-20(2,3)16-9-5-14(6-10-16)13-18(19(21)22)15-7-11-17(23-4)12-8-15/h5-12,18H,13H2,1-4H3,(H,21,22). The van der Waals surface area contributed by atoms with Crippen molar-refractivity contribution in [1.29, 1.82) is 0 Å². The highest BCUT2D eigenvalue weighted by molar-refractivity contribution is 5.76. The lowest BCUT2D eigenvalue weighted by atomic mass is 9.85. The van der Waals surface area contributed by atoms with E-state index in [0.717, 1.165) is 16.9 Å². The first-order chi connectivity index (χ1) is 10.8. The number of hydrogen-bond acceptors (Lipinski definition) is 2. The topological polar surface area (TPSA) is 46.5 Å². The van der Waals surface area contributed by atoms with Crippen molar-refractivity contribution in [1.82, 2.24) is 0 Å². The molecule has 3 heteroatoms. The van der Waals surface area contributed by atoms with Crippen LogP contribution < -0.4 is 4.74 Å². The molecule has 2 aromatic rings. The van der Waals surface area contributed by atoms with Crippen molar-refractivity contribution in [3.05, 3.63) is 65.2 Å². The summed E-state index contributed by atoms with van der Waals surface area (Å²) in [5.41, 5.74) is 3.16. The maximum Gasteiger partial charge on any atom is 0.311 e. The van der Waals surface area contributed by atoms with Gasteiger partial charge in [0.05, 0.1) is 13.0 Å². The molecule has 0 aromatic heterocycles. The van der Waals surface area contributed by atoms with Gasteiger partial charge in [-0.2, -0.15) is 0 Å². The van der Waals surface area contributed by atoms with E-state index in [1.807, 2.05) is 24.3 Å². The Morgan fingerprint density at radius 2 is 1.61 bits per heavy atom. The van der Waals surface area contributed by atoms with Crippen molar-refractivity contribution in [2.24, 2.45) is 0 Å². The Hall–Kier alpha value is -2.29. The molecule has 122 valence electrons. The second kappa shape index (κ2) is 6.86. The summed E-state index contributed by atoms with van der Waals surface area (Å²) in [6.07, 6.45) is 0.478. The summed E-state index contributed by atoms with van der Waals surface area (Å²) in [4.78, 5) is 11.7. The molecule has 0 radical (unpaired) electrons. The van der Waals surface area contributed by atoms with E-state index in [0.29, 0.717) is 6.42 Å². The number of carboxylic acid groups (broad SMARTS) is 1. The summed E-state index contributed by atoms with van der Waals surface area (Å²) < 4.78 is 5.13. The Morgan fingerprint density at radius 1 is 1.04 bits per heavy atom. The first kappa shape index (κ1) is 17.1. The lowest BCUT2D eigenvalue weighted by Gasteiger charge is -2.20. The lowest BCUT2D eigenvalue weighted by Crippen LogP contribution is -2.15. The van der Waals surface area contributed by atoms with Crippen LogP contribution in [0.1, 0.15) is 43.4 Å². The van der Waals surface area contributed by atoms with E-state index in [9.17, 15) is 9.90 Å². The second-order valence-corrected chi connectivity index (χ2v) is 6.82. The highest BCUT2D eigenvalue weighted by atomic mass is 16.5. The van der Waals surface area contributed by atoms with Gasteiger partial charge in [0.25, 0.3) is 0 Å². The first-order valence-electron chi connectivity index (χ1n) is 7.77. The van der Waals surface area contributed by atoms with Crippen molar-refractivity contribution in [3.8, 4) is 5.75 Å². The van der Waals surface area contributed by atoms with Gasteiger partial charge in [-0.25, -0.2) is 0 Å². The van der Waals surface area contributed by atoms with Crippen LogP contribution in [-0.2, 0) is 16.6 Å². The molecule has 0 saturated carbocycles. The van der Waals surface area contributed by atoms with Crippen LogP contribution in [-0.4, -0.2) is 18.2 Å². The monoisotopic (exact) mass is 312 g/mol. The summed E-state index contributed by atoms with van der Waals surface area (Å²) in [6.45, 7) is 6.50. The molecule has 2 aromatic carbocycles. The molecule has 0 aliphatic heterocycles. The second-order valence-electron chi connectivity index (χ2n) is 6.82. The quantitative estimate of drug-likeness (QED) is 0.890. The van der Waals surface area contributed by atoms with Gasteiger partial charge < -0.3 is 9.84 Å². The molecular weight excluding hydrogens is 288 g/mol. The van der Waals surface area contributed by atoms with Crippen LogP contribution in [0.4, 0.5) is 0 Å². The first-order valence-corrected chi connectivity index (χ1v) is 7.77. The zero-order valence-corrected chi connectivity index (χ0v) is 14.2. The maximum absolute atomic E-state index is 11.7. The molecule has 0 heterocycles. The highest BCUT2D eigenvalue weighted by Crippen LogP contribution is 2.26. The predicted octanol–water partition coefficient (Wildman–Crippen LogP) is 4.40. The number of benzene rings is 2. The molecule has 0 fully saturated rings. The molecule has 0 aliphatic carbocycles. The fraction of sp³-hybridized carbons (Fsp3) is 0.350. The number of rotatable bonds is 5. The Morgan fingerprint density at radius 3 is 2.04 bits per heavy atom. The molecule has 0 bridgehead atoms. The molecule has 1 atom stereocenters. The van der Waals surface area contributed by atoms with E-state index < -0.39 is 11.9 Å². The molecule has 3 nitrogen and oxygen atoms in total. The summed E-state index contributed by atoms with van der Waals surface area (Å²) >= 11 is 0. The van der Waals surface area contributed by atoms with E-state index in [4.69, 9.17) is 4.74 Å². The molecule has 0 aliphatic rings. The number of carboxylic acids is 1. The number of hydrogen-bond donors (Lipinski definition) is 1. The van der Waals surface area contributed by atoms with Crippen molar-refractivity contribution in [3.63, 3.8) is 0 Å². The molecule has 0 saturated heterocycles. The van der Waals surface area contributed by atoms with Crippen molar-refractivity contribution >= 4 is 5.97 Å². The highest BCUT2D eigenvalue weighted by Gasteiger charge is 2.21. The van der Waals surface area contributed by atoms with Gasteiger partial charge in [0, 0.05) is 0 Å². The Bertz CT molecular complexity index is 649. The number of methoxy groups -OCH3 is 1. The zero-order chi connectivity index (χ0) is 17.0. The minimum atomic E-state index is -0.810. The van der Waals surface area contributed by atoms with Crippen LogP contribution in [0.25, 0.3) is 0 Å². The Kier molecular flexibility index (Phi) is 5.09. The minimum Gasteiger partial charge on any atom is -0.497 e. The van der Waals surface area contributed by atoms with Gasteiger partial charge in [0.15, 0.2) is 0 Å². The Balaban J connectivity index is 2.20. The van der Waals surface area contributed by atoms with E-state index in [2.05, 4.69) is 32.9 Å². The minimum absolute atomic E-state index is 0.0979. The van der Waals surface area contributed by atoms with Gasteiger partial charge >= 0.3 is 5.97 Å². The van der Waals surface area contributed by atoms with Crippen molar-refractivity contribution in [2.75, 3.05) is 7.11 Å². The normalized spacial score (nSPS) is 12.7. The van der Waals surface area contributed by atoms with Gasteiger partial charge in [0.2, 0.25) is 0 Å². The molecule has 0 spiro atoms. The smallest absolute Gasteiger partial charge is 0.311 e. The summed E-state index contributed by atoms with van der Waals surface area (Å²) in [5.74, 6) is -0.635. The van der Waals surface area contributed by atoms with Crippen LogP contribution in [0.3, 0.4) is 0 Å². The van der Waals surface area contributed by atoms with Gasteiger partial charge in [-0.05, 0) is 40.7 Å². The van der Waals surface area contributed by atoms with E-state index in [1.54, 1.807) is 19.2 Å². The zero-order valence-electron chi connectivity index (χ0n) is 14.2. The van der Waals surface area contributed by atoms with Gasteiger partial charge in [-0.15, -0.1) is 0 Å². The van der Waals surface area contributed by atoms with Crippen LogP contribution in [0, 0.1) is 0 Å². The number of carbonyl (C=O) groups is 1. The van der Waals surface area contributed by atoms with Gasteiger partial charge in [-0.1, -0.05) is 57.2 Å². The van der Waals surface area contributed by atoms with Crippen LogP contribution in [0.15, 0.2) is 48.5 Å². The molecule has 1 unspecified atom stereocenters. The van der Waals surface area contributed by atoms with Gasteiger partial charge in [0.1, 0.15) is 5.75 Å². The third kappa shape index (κ3) is 4.35. The number of aliphatic carboxylic acids is 1. The fourth-order valence-corrected chi connectivity index (χ4v) is 2.56. The van der Waals surface area contributed by atoms with E-state index in [1.165, 1.54) is 5.56 Å². The summed E-state index contributed by atoms with van der Waals surface area (Å²) in [6, 6.07) is 15.5. The molecule has 1 N–H and O–H groups in total. The maximum atomic E-state index is 11.7. The van der Waals surface area contributed by atoms with E-state index in [-0.39, 0.29) is 5.41 Å². The third-order valence-corrected chi connectivity index (χ3v) is 4.08. The average molecular weight is 312 g/mol. The third-order valence-electron chi connectivity index (χ3n) is 4.08. The largest absolute Gasteiger partial charge is 0.497 e. The summed E-state index contributed by atoms with van der Waals surface area (Å²) in [5, 5.41) is 9.57. The van der Waals surface area contributed by atoms with E-state index >= 15 is 0 Å². The predicted molar refractivity (Wildman–Crippen MR) is 92.2 cm³/mol. The van der Waals surface area contributed by atoms with Crippen LogP contribution in [0.5, 0.6) is 5.75 Å². The molecular formula is C20H24O3. The molecule has 0 amide bonds. The average Bonchev–Trinajstić information content (AvgIpc) is 2.52. The van der Waals surface area contributed by atoms with Crippen LogP contribution >= 0.6 is 0 Å². The number of ether oxygens (including phenoxy) is 1. The SMILES string of the molecule is COc1ccc(C(Cc2ccc(C(C)(C)C)cc2)C(=O)O)cc1. The van der Waals surface area contributed by atoms with Crippen molar-refractivity contribution in [2.45, 2.75) is 38.5 Å². The summed E-state index contributed by atoms with van der Waals surface area (Å²) in [7, 11) is 1.60. The van der Waals surface area contributed by atoms with Gasteiger partial charge in [-0.3, -0.25) is 4.79 Å². The Labute approximate surface area is 137 Å².